The second-order valence-electron chi connectivity index (χ2n) is 7.03. The molecule has 1 aliphatic rings. The molecule has 0 saturated carbocycles. The lowest BCUT2D eigenvalue weighted by atomic mass is 9.96. The molecule has 2 atom stereocenters. The third kappa shape index (κ3) is 4.57. The Kier molecular flexibility index (Phi) is 5.99. The van der Waals surface area contributed by atoms with E-state index in [1.807, 2.05) is 11.8 Å². The van der Waals surface area contributed by atoms with Crippen LogP contribution in [-0.2, 0) is 9.59 Å². The summed E-state index contributed by atoms with van der Waals surface area (Å²) in [5.74, 6) is -0.252. The van der Waals surface area contributed by atoms with Crippen LogP contribution in [0.4, 0.5) is 0 Å². The Labute approximate surface area is 144 Å². The molecular formula is C19H29N3O2. The number of nitrogens with zero attached hydrogens (tertiary/aromatic N) is 1. The summed E-state index contributed by atoms with van der Waals surface area (Å²) in [5, 5.41) is 3.40. The lowest BCUT2D eigenvalue weighted by molar-refractivity contribution is -0.136. The van der Waals surface area contributed by atoms with Crippen molar-refractivity contribution in [3.63, 3.8) is 0 Å². The van der Waals surface area contributed by atoms with E-state index in [0.29, 0.717) is 25.9 Å². The number of aryl methyl sites for hydroxylation is 2. The first-order chi connectivity index (χ1) is 11.3. The van der Waals surface area contributed by atoms with E-state index in [1.54, 1.807) is 0 Å². The maximum Gasteiger partial charge on any atom is 0.239 e. The van der Waals surface area contributed by atoms with Gasteiger partial charge in [0.2, 0.25) is 11.8 Å². The Balaban J connectivity index is 1.93. The second kappa shape index (κ2) is 7.79. The highest BCUT2D eigenvalue weighted by Crippen LogP contribution is 2.20. The van der Waals surface area contributed by atoms with Crippen molar-refractivity contribution in [2.45, 2.75) is 52.6 Å². The van der Waals surface area contributed by atoms with Crippen LogP contribution < -0.4 is 11.1 Å². The Morgan fingerprint density at radius 3 is 2.17 bits per heavy atom. The van der Waals surface area contributed by atoms with Gasteiger partial charge in [-0.05, 0) is 46.1 Å². The Hall–Kier alpha value is -1.88. The van der Waals surface area contributed by atoms with Gasteiger partial charge in [0.1, 0.15) is 0 Å². The van der Waals surface area contributed by atoms with Gasteiger partial charge in [-0.25, -0.2) is 0 Å². The molecule has 0 aromatic heterocycles. The van der Waals surface area contributed by atoms with Crippen molar-refractivity contribution in [1.82, 2.24) is 10.2 Å². The van der Waals surface area contributed by atoms with E-state index in [-0.39, 0.29) is 29.8 Å². The van der Waals surface area contributed by atoms with Gasteiger partial charge in [-0.15, -0.1) is 0 Å². The number of nitrogens with two attached hydrogens (primary N) is 1. The van der Waals surface area contributed by atoms with Crippen LogP contribution in [0.15, 0.2) is 18.2 Å². The number of primary amides is 1. The van der Waals surface area contributed by atoms with Crippen LogP contribution in [0.5, 0.6) is 0 Å². The monoisotopic (exact) mass is 331 g/mol. The van der Waals surface area contributed by atoms with Gasteiger partial charge in [0.15, 0.2) is 0 Å². The van der Waals surface area contributed by atoms with E-state index in [1.165, 1.54) is 16.7 Å². The molecule has 0 unspecified atom stereocenters. The number of hydrogen-bond donors (Lipinski definition) is 2. The van der Waals surface area contributed by atoms with Gasteiger partial charge < -0.3 is 10.6 Å². The molecule has 3 N–H and O–H groups in total. The van der Waals surface area contributed by atoms with E-state index in [0.717, 1.165) is 0 Å². The molecule has 5 nitrogen and oxygen atoms in total. The molecule has 5 heteroatoms. The molecule has 24 heavy (non-hydrogen) atoms. The van der Waals surface area contributed by atoms with E-state index < -0.39 is 0 Å². The van der Waals surface area contributed by atoms with Crippen molar-refractivity contribution < 1.29 is 9.59 Å². The zero-order chi connectivity index (χ0) is 17.9. The number of nitrogens with one attached hydrogen (secondary N) is 1. The summed E-state index contributed by atoms with van der Waals surface area (Å²) >= 11 is 0. The van der Waals surface area contributed by atoms with Gasteiger partial charge in [0.25, 0.3) is 0 Å². The first kappa shape index (κ1) is 18.5. The highest BCUT2D eigenvalue weighted by atomic mass is 16.2. The average Bonchev–Trinajstić information content (AvgIpc) is 2.53. The average molecular weight is 331 g/mol. The van der Waals surface area contributed by atoms with E-state index >= 15 is 0 Å². The molecule has 0 aliphatic carbocycles. The van der Waals surface area contributed by atoms with E-state index in [2.05, 4.69) is 44.3 Å². The van der Waals surface area contributed by atoms with Gasteiger partial charge in [0.05, 0.1) is 6.04 Å². The molecule has 1 saturated heterocycles. The quantitative estimate of drug-likeness (QED) is 0.867. The van der Waals surface area contributed by atoms with E-state index in [9.17, 15) is 9.59 Å². The number of carbonyl (C=O) groups excluding carboxylic acids is 2. The zero-order valence-electron chi connectivity index (χ0n) is 15.1. The molecule has 1 fully saturated rings. The molecule has 0 spiro atoms. The summed E-state index contributed by atoms with van der Waals surface area (Å²) < 4.78 is 0. The number of hydrogen-bond acceptors (Lipinski definition) is 3. The summed E-state index contributed by atoms with van der Waals surface area (Å²) in [6.45, 7) is 9.37. The zero-order valence-corrected chi connectivity index (χ0v) is 15.1. The van der Waals surface area contributed by atoms with Crippen LogP contribution in [0.1, 0.15) is 49.4 Å². The van der Waals surface area contributed by atoms with Gasteiger partial charge in [-0.2, -0.15) is 0 Å². The lowest BCUT2D eigenvalue weighted by Crippen LogP contribution is -2.49. The third-order valence-electron chi connectivity index (χ3n) is 4.82. The molecule has 1 aliphatic heterocycles. The maximum absolute atomic E-state index is 12.6. The van der Waals surface area contributed by atoms with Crippen LogP contribution in [0, 0.1) is 19.8 Å². The van der Waals surface area contributed by atoms with Crippen molar-refractivity contribution in [1.29, 1.82) is 0 Å². The number of carbonyl (C=O) groups is 2. The topological polar surface area (TPSA) is 75.4 Å². The summed E-state index contributed by atoms with van der Waals surface area (Å²) in [6.07, 6.45) is 1.33. The van der Waals surface area contributed by atoms with Crippen LogP contribution in [-0.4, -0.2) is 35.8 Å². The fourth-order valence-corrected chi connectivity index (χ4v) is 3.46. The highest BCUT2D eigenvalue weighted by molar-refractivity contribution is 5.82. The van der Waals surface area contributed by atoms with Crippen molar-refractivity contribution in [2.75, 3.05) is 13.1 Å². The SMILES string of the molecule is Cc1cc(C)cc([C@H](C)N[C@@H](C)C(=O)N2CCC(C(N)=O)CC2)c1. The largest absolute Gasteiger partial charge is 0.369 e. The number of rotatable bonds is 5. The fourth-order valence-electron chi connectivity index (χ4n) is 3.46. The molecule has 1 aromatic rings. The van der Waals surface area contributed by atoms with Gasteiger partial charge in [-0.1, -0.05) is 29.3 Å². The molecule has 132 valence electrons. The summed E-state index contributed by atoms with van der Waals surface area (Å²) in [6, 6.07) is 6.30. The molecule has 0 bridgehead atoms. The van der Waals surface area contributed by atoms with Gasteiger partial charge in [-0.3, -0.25) is 14.9 Å². The predicted octanol–water partition coefficient (Wildman–Crippen LogP) is 2.07. The minimum absolute atomic E-state index is 0.0912. The number of benzene rings is 1. The standard InChI is InChI=1S/C19H29N3O2/c1-12-9-13(2)11-17(10-12)14(3)21-15(4)19(24)22-7-5-16(6-8-22)18(20)23/h9-11,14-16,21H,5-8H2,1-4H3,(H2,20,23)/t14-,15-/m0/s1. The first-order valence-corrected chi connectivity index (χ1v) is 8.70. The van der Waals surface area contributed by atoms with Crippen molar-refractivity contribution in [2.24, 2.45) is 11.7 Å². The van der Waals surface area contributed by atoms with Crippen LogP contribution in [0.2, 0.25) is 0 Å². The van der Waals surface area contributed by atoms with Crippen LogP contribution in [0.3, 0.4) is 0 Å². The van der Waals surface area contributed by atoms with Crippen LogP contribution >= 0.6 is 0 Å². The summed E-state index contributed by atoms with van der Waals surface area (Å²) in [4.78, 5) is 25.7. The van der Waals surface area contributed by atoms with E-state index in [4.69, 9.17) is 5.73 Å². The van der Waals surface area contributed by atoms with Crippen molar-refractivity contribution >= 4 is 11.8 Å². The molecule has 2 amide bonds. The molecule has 1 heterocycles. The van der Waals surface area contributed by atoms with Gasteiger partial charge in [0, 0.05) is 25.0 Å². The molecule has 1 aromatic carbocycles. The molecule has 0 radical (unpaired) electrons. The molecular weight excluding hydrogens is 302 g/mol. The summed E-state index contributed by atoms with van der Waals surface area (Å²) in [5.41, 5.74) is 9.00. The maximum atomic E-state index is 12.6. The van der Waals surface area contributed by atoms with Gasteiger partial charge >= 0.3 is 0 Å². The normalized spacial score (nSPS) is 18.2. The van der Waals surface area contributed by atoms with Crippen LogP contribution in [0.25, 0.3) is 0 Å². The number of likely N-dealkylation sites (tertiary alicyclic amines) is 1. The smallest absolute Gasteiger partial charge is 0.239 e. The fraction of sp³-hybridized carbons (Fsp3) is 0.579. The number of amides is 2. The Bertz CT molecular complexity index is 586. The Morgan fingerprint density at radius 1 is 1.12 bits per heavy atom. The third-order valence-corrected chi connectivity index (χ3v) is 4.82. The summed E-state index contributed by atoms with van der Waals surface area (Å²) in [7, 11) is 0. The Morgan fingerprint density at radius 2 is 1.67 bits per heavy atom. The second-order valence-corrected chi connectivity index (χ2v) is 7.03. The van der Waals surface area contributed by atoms with Crippen molar-refractivity contribution in [3.8, 4) is 0 Å². The number of piperidine rings is 1. The first-order valence-electron chi connectivity index (χ1n) is 8.70. The van der Waals surface area contributed by atoms with Crippen molar-refractivity contribution in [3.05, 3.63) is 34.9 Å². The lowest BCUT2D eigenvalue weighted by Gasteiger charge is -2.33. The minimum Gasteiger partial charge on any atom is -0.369 e. The molecule has 2 rings (SSSR count). The highest BCUT2D eigenvalue weighted by Gasteiger charge is 2.28. The predicted molar refractivity (Wildman–Crippen MR) is 95.4 cm³/mol. The minimum atomic E-state index is -0.258.